The summed E-state index contributed by atoms with van der Waals surface area (Å²) in [5.41, 5.74) is 0.375. The monoisotopic (exact) mass is 456 g/mol. The second kappa shape index (κ2) is 9.38. The first-order valence-corrected chi connectivity index (χ1v) is 12.6. The molecule has 3 rings (SSSR count). The van der Waals surface area contributed by atoms with Crippen molar-refractivity contribution in [2.45, 2.75) is 37.3 Å². The molecule has 0 aliphatic carbocycles. The van der Waals surface area contributed by atoms with Crippen LogP contribution in [0.5, 0.6) is 0 Å². The molecule has 1 fully saturated rings. The Kier molecular flexibility index (Phi) is 7.10. The number of rotatable bonds is 7. The summed E-state index contributed by atoms with van der Waals surface area (Å²) in [7, 11) is -3.49. The quantitative estimate of drug-likeness (QED) is 0.643. The molecule has 1 saturated heterocycles. The average Bonchev–Trinajstić information content (AvgIpc) is 3.38. The molecule has 158 valence electrons. The van der Waals surface area contributed by atoms with Gasteiger partial charge in [-0.3, -0.25) is 4.79 Å². The number of piperidine rings is 1. The van der Waals surface area contributed by atoms with Crippen LogP contribution in [0.2, 0.25) is 0 Å². The molecule has 29 heavy (non-hydrogen) atoms. The first-order chi connectivity index (χ1) is 13.9. The molecule has 2 aromatic rings. The van der Waals surface area contributed by atoms with Crippen molar-refractivity contribution < 1.29 is 22.7 Å². The molecular weight excluding hydrogens is 432 g/mol. The van der Waals surface area contributed by atoms with Crippen molar-refractivity contribution in [1.29, 1.82) is 0 Å². The number of hydrogen-bond acceptors (Lipinski definition) is 7. The molecule has 7 nitrogen and oxygen atoms in total. The van der Waals surface area contributed by atoms with Gasteiger partial charge in [-0.15, -0.1) is 22.7 Å². The highest BCUT2D eigenvalue weighted by Gasteiger charge is 2.33. The molecule has 1 N–H and O–H groups in total. The molecule has 0 atom stereocenters. The molecule has 0 radical (unpaired) electrons. The van der Waals surface area contributed by atoms with Crippen LogP contribution in [0, 0.1) is 5.92 Å². The number of esters is 1. The zero-order valence-electron chi connectivity index (χ0n) is 16.3. The normalized spacial score (nSPS) is 15.9. The van der Waals surface area contributed by atoms with Gasteiger partial charge < -0.3 is 10.1 Å². The van der Waals surface area contributed by atoms with Crippen LogP contribution in [-0.4, -0.2) is 44.3 Å². The van der Waals surface area contributed by atoms with Crippen LogP contribution in [0.25, 0.3) is 0 Å². The fourth-order valence-electron chi connectivity index (χ4n) is 3.18. The Morgan fingerprint density at radius 1 is 1.28 bits per heavy atom. The summed E-state index contributed by atoms with van der Waals surface area (Å²) in [4.78, 5) is 25.9. The number of aryl methyl sites for hydroxylation is 1. The number of thiophene rings is 2. The average molecular weight is 457 g/mol. The lowest BCUT2D eigenvalue weighted by molar-refractivity contribution is -0.120. The highest BCUT2D eigenvalue weighted by Crippen LogP contribution is 2.31. The fraction of sp³-hybridized carbons (Fsp3) is 0.474. The SMILES string of the molecule is CCOC(=O)c1cc(CC)sc1NC(=O)C1CCN(S(=O)(=O)c2cccs2)CC1. The summed E-state index contributed by atoms with van der Waals surface area (Å²) in [6.07, 6.45) is 1.64. The third kappa shape index (κ3) is 4.88. The van der Waals surface area contributed by atoms with Crippen molar-refractivity contribution in [2.24, 2.45) is 5.92 Å². The molecular formula is C19H24N2O5S3. The van der Waals surface area contributed by atoms with E-state index < -0.39 is 16.0 Å². The number of nitrogens with zero attached hydrogens (tertiary/aromatic N) is 1. The molecule has 0 bridgehead atoms. The van der Waals surface area contributed by atoms with E-state index in [4.69, 9.17) is 4.74 Å². The summed E-state index contributed by atoms with van der Waals surface area (Å²) < 4.78 is 32.1. The number of sulfonamides is 1. The van der Waals surface area contributed by atoms with Crippen LogP contribution in [0.15, 0.2) is 27.8 Å². The van der Waals surface area contributed by atoms with Gasteiger partial charge in [-0.05, 0) is 43.7 Å². The van der Waals surface area contributed by atoms with Gasteiger partial charge in [-0.25, -0.2) is 13.2 Å². The third-order valence-electron chi connectivity index (χ3n) is 4.78. The van der Waals surface area contributed by atoms with Crippen molar-refractivity contribution >= 4 is 49.6 Å². The number of hydrogen-bond donors (Lipinski definition) is 1. The maximum absolute atomic E-state index is 12.8. The molecule has 10 heteroatoms. The molecule has 2 aromatic heterocycles. The Labute approximate surface area is 178 Å². The van der Waals surface area contributed by atoms with E-state index in [9.17, 15) is 18.0 Å². The number of ether oxygens (including phenoxy) is 1. The highest BCUT2D eigenvalue weighted by molar-refractivity contribution is 7.91. The zero-order chi connectivity index (χ0) is 21.0. The van der Waals surface area contributed by atoms with Crippen molar-refractivity contribution in [3.05, 3.63) is 34.0 Å². The first kappa shape index (κ1) is 21.9. The Morgan fingerprint density at radius 3 is 2.59 bits per heavy atom. The van der Waals surface area contributed by atoms with Gasteiger partial charge in [0.15, 0.2) is 0 Å². The Bertz CT molecular complexity index is 958. The van der Waals surface area contributed by atoms with Crippen LogP contribution in [0.4, 0.5) is 5.00 Å². The van der Waals surface area contributed by atoms with Crippen LogP contribution < -0.4 is 5.32 Å². The predicted molar refractivity (Wildman–Crippen MR) is 114 cm³/mol. The van der Waals surface area contributed by atoms with Gasteiger partial charge in [-0.1, -0.05) is 13.0 Å². The molecule has 0 saturated carbocycles. The topological polar surface area (TPSA) is 92.8 Å². The fourth-order valence-corrected chi connectivity index (χ4v) is 6.78. The van der Waals surface area contributed by atoms with Gasteiger partial charge in [-0.2, -0.15) is 4.31 Å². The predicted octanol–water partition coefficient (Wildman–Crippen LogP) is 3.59. The van der Waals surface area contributed by atoms with Gasteiger partial charge in [0.1, 0.15) is 9.21 Å². The number of anilines is 1. The summed E-state index contributed by atoms with van der Waals surface area (Å²) in [6.45, 7) is 4.58. The van der Waals surface area contributed by atoms with Gasteiger partial charge in [0.25, 0.3) is 10.0 Å². The number of carbonyl (C=O) groups excluding carboxylic acids is 2. The van der Waals surface area contributed by atoms with Gasteiger partial charge in [0.05, 0.1) is 12.2 Å². The minimum Gasteiger partial charge on any atom is -0.462 e. The van der Waals surface area contributed by atoms with Crippen molar-refractivity contribution in [1.82, 2.24) is 4.31 Å². The maximum Gasteiger partial charge on any atom is 0.341 e. The van der Waals surface area contributed by atoms with Gasteiger partial charge in [0.2, 0.25) is 5.91 Å². The number of nitrogens with one attached hydrogen (secondary N) is 1. The van der Waals surface area contributed by atoms with Gasteiger partial charge in [0, 0.05) is 23.9 Å². The molecule has 0 spiro atoms. The van der Waals surface area contributed by atoms with Crippen molar-refractivity contribution in [3.8, 4) is 0 Å². The molecule has 0 unspecified atom stereocenters. The standard InChI is InChI=1S/C19H24N2O5S3/c1-3-14-12-15(19(23)26-4-2)18(28-14)20-17(22)13-7-9-21(10-8-13)29(24,25)16-6-5-11-27-16/h5-6,11-13H,3-4,7-10H2,1-2H3,(H,20,22). The minimum atomic E-state index is -3.49. The van der Waals surface area contributed by atoms with Crippen LogP contribution in [-0.2, 0) is 26.0 Å². The minimum absolute atomic E-state index is 0.187. The lowest BCUT2D eigenvalue weighted by Gasteiger charge is -2.30. The Morgan fingerprint density at radius 2 is 2.00 bits per heavy atom. The van der Waals surface area contributed by atoms with Crippen LogP contribution in [0.3, 0.4) is 0 Å². The van der Waals surface area contributed by atoms with Crippen molar-refractivity contribution in [2.75, 3.05) is 25.0 Å². The second-order valence-corrected chi connectivity index (χ2v) is 10.9. The van der Waals surface area contributed by atoms with E-state index in [1.54, 1.807) is 30.5 Å². The molecule has 0 aromatic carbocycles. The Hall–Kier alpha value is -1.75. The largest absolute Gasteiger partial charge is 0.462 e. The van der Waals surface area contributed by atoms with E-state index >= 15 is 0 Å². The van der Waals surface area contributed by atoms with E-state index in [0.29, 0.717) is 40.7 Å². The van der Waals surface area contributed by atoms with Crippen LogP contribution >= 0.6 is 22.7 Å². The smallest absolute Gasteiger partial charge is 0.341 e. The number of carbonyl (C=O) groups is 2. The van der Waals surface area contributed by atoms with E-state index in [1.807, 2.05) is 6.92 Å². The molecule has 3 heterocycles. The summed E-state index contributed by atoms with van der Waals surface area (Å²) in [5.74, 6) is -0.934. The summed E-state index contributed by atoms with van der Waals surface area (Å²) in [6, 6.07) is 5.07. The molecule has 1 aliphatic rings. The van der Waals surface area contributed by atoms with E-state index in [0.717, 1.165) is 11.3 Å². The zero-order valence-corrected chi connectivity index (χ0v) is 18.8. The first-order valence-electron chi connectivity index (χ1n) is 9.51. The van der Waals surface area contributed by atoms with E-state index in [-0.39, 0.29) is 18.4 Å². The lowest BCUT2D eigenvalue weighted by atomic mass is 9.97. The second-order valence-electron chi connectivity index (χ2n) is 6.63. The summed E-state index contributed by atoms with van der Waals surface area (Å²) in [5, 5.41) is 5.10. The van der Waals surface area contributed by atoms with Crippen LogP contribution in [0.1, 0.15) is 41.9 Å². The van der Waals surface area contributed by atoms with Gasteiger partial charge >= 0.3 is 5.97 Å². The highest BCUT2D eigenvalue weighted by atomic mass is 32.2. The van der Waals surface area contributed by atoms with Crippen molar-refractivity contribution in [3.63, 3.8) is 0 Å². The lowest BCUT2D eigenvalue weighted by Crippen LogP contribution is -2.41. The van der Waals surface area contributed by atoms with E-state index in [1.165, 1.54) is 27.0 Å². The number of amides is 1. The summed E-state index contributed by atoms with van der Waals surface area (Å²) >= 11 is 2.57. The van der Waals surface area contributed by atoms with E-state index in [2.05, 4.69) is 5.32 Å². The molecule has 1 aliphatic heterocycles. The maximum atomic E-state index is 12.8. The third-order valence-corrected chi connectivity index (χ3v) is 9.24. The molecule has 1 amide bonds. The Balaban J connectivity index is 1.65.